The molecule has 0 fully saturated rings. The number of hydrogen-bond donors (Lipinski definition) is 1. The predicted octanol–water partition coefficient (Wildman–Crippen LogP) is 3.39. The van der Waals surface area contributed by atoms with Gasteiger partial charge in [-0.2, -0.15) is 0 Å². The normalized spacial score (nSPS) is 34.9. The van der Waals surface area contributed by atoms with Crippen molar-refractivity contribution < 1.29 is 5.11 Å². The molecule has 0 aliphatic heterocycles. The number of hydrogen-bond acceptors (Lipinski definition) is 1. The summed E-state index contributed by atoms with van der Waals surface area (Å²) in [5, 5.41) is 10.4. The van der Waals surface area contributed by atoms with E-state index in [0.717, 1.165) is 19.3 Å². The van der Waals surface area contributed by atoms with E-state index in [2.05, 4.69) is 33.8 Å². The van der Waals surface area contributed by atoms with Crippen LogP contribution in [0.25, 0.3) is 0 Å². The van der Waals surface area contributed by atoms with E-state index in [0.29, 0.717) is 17.8 Å². The Balaban J connectivity index is 2.61. The summed E-state index contributed by atoms with van der Waals surface area (Å²) < 4.78 is 0. The maximum Gasteiger partial charge on any atom is 0.0853 e. The summed E-state index contributed by atoms with van der Waals surface area (Å²) in [5.41, 5.74) is -0.531. The second-order valence-electron chi connectivity index (χ2n) is 5.40. The van der Waals surface area contributed by atoms with Crippen molar-refractivity contribution in [2.45, 2.75) is 52.6 Å². The molecule has 0 radical (unpaired) electrons. The molecule has 0 heterocycles. The molecular formula is C13H24O. The standard InChI is InChI=1S/C13H24O/c1-10(2)9-12(4)13(14)7-5-11(3)6-8-13/h5,7,10-12,14H,6,8-9H2,1-4H3. The lowest BCUT2D eigenvalue weighted by Gasteiger charge is -2.36. The van der Waals surface area contributed by atoms with Gasteiger partial charge in [0.1, 0.15) is 0 Å². The van der Waals surface area contributed by atoms with Crippen LogP contribution in [0, 0.1) is 17.8 Å². The Kier molecular flexibility index (Phi) is 3.77. The highest BCUT2D eigenvalue weighted by Crippen LogP contribution is 2.34. The van der Waals surface area contributed by atoms with Gasteiger partial charge < -0.3 is 5.11 Å². The van der Waals surface area contributed by atoms with Gasteiger partial charge in [0.05, 0.1) is 5.60 Å². The third kappa shape index (κ3) is 2.84. The highest BCUT2D eigenvalue weighted by molar-refractivity contribution is 5.09. The lowest BCUT2D eigenvalue weighted by molar-refractivity contribution is 0.00949. The fraction of sp³-hybridized carbons (Fsp3) is 0.846. The zero-order valence-corrected chi connectivity index (χ0v) is 9.96. The van der Waals surface area contributed by atoms with Crippen LogP contribution in [-0.2, 0) is 0 Å². The fourth-order valence-electron chi connectivity index (χ4n) is 2.29. The lowest BCUT2D eigenvalue weighted by Crippen LogP contribution is -2.37. The van der Waals surface area contributed by atoms with Gasteiger partial charge in [0.25, 0.3) is 0 Å². The smallest absolute Gasteiger partial charge is 0.0853 e. The first-order valence-corrected chi connectivity index (χ1v) is 5.86. The quantitative estimate of drug-likeness (QED) is 0.686. The van der Waals surface area contributed by atoms with Gasteiger partial charge in [-0.1, -0.05) is 39.8 Å². The Morgan fingerprint density at radius 3 is 2.50 bits per heavy atom. The van der Waals surface area contributed by atoms with Crippen molar-refractivity contribution in [1.29, 1.82) is 0 Å². The van der Waals surface area contributed by atoms with Crippen molar-refractivity contribution in [2.24, 2.45) is 17.8 Å². The fourth-order valence-corrected chi connectivity index (χ4v) is 2.29. The van der Waals surface area contributed by atoms with E-state index >= 15 is 0 Å². The largest absolute Gasteiger partial charge is 0.386 e. The topological polar surface area (TPSA) is 20.2 Å². The van der Waals surface area contributed by atoms with Crippen molar-refractivity contribution in [3.05, 3.63) is 12.2 Å². The molecule has 82 valence electrons. The highest BCUT2D eigenvalue weighted by atomic mass is 16.3. The predicted molar refractivity (Wildman–Crippen MR) is 61.1 cm³/mol. The molecule has 1 N–H and O–H groups in total. The Morgan fingerprint density at radius 1 is 1.43 bits per heavy atom. The van der Waals surface area contributed by atoms with E-state index in [1.807, 2.05) is 6.08 Å². The van der Waals surface area contributed by atoms with Crippen LogP contribution >= 0.6 is 0 Å². The van der Waals surface area contributed by atoms with Crippen molar-refractivity contribution in [1.82, 2.24) is 0 Å². The van der Waals surface area contributed by atoms with Gasteiger partial charge in [-0.05, 0) is 37.0 Å². The van der Waals surface area contributed by atoms with E-state index < -0.39 is 5.60 Å². The molecule has 1 aliphatic rings. The molecule has 1 rings (SSSR count). The van der Waals surface area contributed by atoms with Crippen molar-refractivity contribution in [3.63, 3.8) is 0 Å². The van der Waals surface area contributed by atoms with Crippen LogP contribution in [0.3, 0.4) is 0 Å². The van der Waals surface area contributed by atoms with E-state index in [9.17, 15) is 5.11 Å². The second-order valence-corrected chi connectivity index (χ2v) is 5.40. The average molecular weight is 196 g/mol. The molecule has 3 atom stereocenters. The van der Waals surface area contributed by atoms with Crippen LogP contribution in [0.4, 0.5) is 0 Å². The molecule has 1 nitrogen and oxygen atoms in total. The molecule has 0 bridgehead atoms. The molecule has 0 amide bonds. The van der Waals surface area contributed by atoms with E-state index in [4.69, 9.17) is 0 Å². The van der Waals surface area contributed by atoms with Gasteiger partial charge in [0.15, 0.2) is 0 Å². The lowest BCUT2D eigenvalue weighted by atomic mass is 9.75. The van der Waals surface area contributed by atoms with Crippen LogP contribution in [-0.4, -0.2) is 10.7 Å². The molecule has 3 unspecified atom stereocenters. The van der Waals surface area contributed by atoms with Gasteiger partial charge in [0, 0.05) is 0 Å². The molecule has 0 aromatic carbocycles. The Bertz CT molecular complexity index is 207. The second kappa shape index (κ2) is 4.48. The van der Waals surface area contributed by atoms with E-state index in [-0.39, 0.29) is 0 Å². The molecule has 1 heteroatoms. The summed E-state index contributed by atoms with van der Waals surface area (Å²) in [6.45, 7) is 8.81. The van der Waals surface area contributed by atoms with Crippen molar-refractivity contribution in [3.8, 4) is 0 Å². The van der Waals surface area contributed by atoms with Crippen LogP contribution in [0.5, 0.6) is 0 Å². The van der Waals surface area contributed by atoms with Gasteiger partial charge >= 0.3 is 0 Å². The zero-order valence-electron chi connectivity index (χ0n) is 9.96. The molecule has 0 aromatic rings. The third-order valence-corrected chi connectivity index (χ3v) is 3.39. The van der Waals surface area contributed by atoms with Crippen LogP contribution in [0.2, 0.25) is 0 Å². The van der Waals surface area contributed by atoms with E-state index in [1.54, 1.807) is 0 Å². The van der Waals surface area contributed by atoms with Crippen molar-refractivity contribution >= 4 is 0 Å². The summed E-state index contributed by atoms with van der Waals surface area (Å²) in [5.74, 6) is 1.69. The summed E-state index contributed by atoms with van der Waals surface area (Å²) >= 11 is 0. The minimum absolute atomic E-state index is 0.381. The van der Waals surface area contributed by atoms with Crippen LogP contribution < -0.4 is 0 Å². The van der Waals surface area contributed by atoms with Gasteiger partial charge in [-0.3, -0.25) is 0 Å². The van der Waals surface area contributed by atoms with E-state index in [1.165, 1.54) is 0 Å². The SMILES string of the molecule is CC(C)CC(C)C1(O)C=CC(C)CC1. The first-order chi connectivity index (χ1) is 6.44. The Hall–Kier alpha value is -0.300. The van der Waals surface area contributed by atoms with Crippen LogP contribution in [0.1, 0.15) is 47.0 Å². The Morgan fingerprint density at radius 2 is 2.07 bits per heavy atom. The zero-order chi connectivity index (χ0) is 10.8. The summed E-state index contributed by atoms with van der Waals surface area (Å²) in [7, 11) is 0. The van der Waals surface area contributed by atoms with Crippen molar-refractivity contribution in [2.75, 3.05) is 0 Å². The molecule has 0 saturated carbocycles. The van der Waals surface area contributed by atoms with Gasteiger partial charge in [0.2, 0.25) is 0 Å². The molecule has 0 spiro atoms. The average Bonchev–Trinajstić information content (AvgIpc) is 2.09. The summed E-state index contributed by atoms with van der Waals surface area (Å²) in [6.07, 6.45) is 7.36. The summed E-state index contributed by atoms with van der Waals surface area (Å²) in [4.78, 5) is 0. The number of aliphatic hydroxyl groups is 1. The minimum Gasteiger partial charge on any atom is -0.386 e. The monoisotopic (exact) mass is 196 g/mol. The molecular weight excluding hydrogens is 172 g/mol. The van der Waals surface area contributed by atoms with Gasteiger partial charge in [-0.25, -0.2) is 0 Å². The van der Waals surface area contributed by atoms with Gasteiger partial charge in [-0.15, -0.1) is 0 Å². The molecule has 14 heavy (non-hydrogen) atoms. The maximum atomic E-state index is 10.4. The third-order valence-electron chi connectivity index (χ3n) is 3.39. The first kappa shape index (κ1) is 11.8. The molecule has 0 aromatic heterocycles. The highest BCUT2D eigenvalue weighted by Gasteiger charge is 2.33. The van der Waals surface area contributed by atoms with Crippen LogP contribution in [0.15, 0.2) is 12.2 Å². The number of allylic oxidation sites excluding steroid dienone is 1. The maximum absolute atomic E-state index is 10.4. The molecule has 1 aliphatic carbocycles. The Labute approximate surface area is 88.2 Å². The first-order valence-electron chi connectivity index (χ1n) is 5.86. The number of rotatable bonds is 3. The minimum atomic E-state index is -0.531. The summed E-state index contributed by atoms with van der Waals surface area (Å²) in [6, 6.07) is 0. The molecule has 0 saturated heterocycles.